The van der Waals surface area contributed by atoms with Gasteiger partial charge >= 0.3 is 287 Å². The van der Waals surface area contributed by atoms with E-state index in [1.807, 2.05) is 0 Å². The molecule has 238 valence electrons. The van der Waals surface area contributed by atoms with E-state index in [4.69, 9.17) is 0 Å². The maximum absolute atomic E-state index is 3.37. The molecule has 8 aromatic rings. The molecule has 8 rings (SSSR count). The van der Waals surface area contributed by atoms with E-state index >= 15 is 0 Å². The van der Waals surface area contributed by atoms with E-state index in [1.165, 1.54) is 39.8 Å². The van der Waals surface area contributed by atoms with Gasteiger partial charge in [0.2, 0.25) is 0 Å². The number of nitrogens with zero attached hydrogens (tertiary/aromatic N) is 1. The molecule has 0 saturated heterocycles. The second kappa shape index (κ2) is 14.3. The minimum atomic E-state index is -3.37. The van der Waals surface area contributed by atoms with Crippen LogP contribution < -0.4 is 22.5 Å². The predicted molar refractivity (Wildman–Crippen MR) is 216 cm³/mol. The fraction of sp³-hybridized carbons (Fsp3) is 0. The first-order chi connectivity index (χ1) is 24.8. The van der Waals surface area contributed by atoms with Gasteiger partial charge in [0.1, 0.15) is 0 Å². The number of hydrogen-bond donors (Lipinski definition) is 0. The summed E-state index contributed by atoms with van der Waals surface area (Å²) in [4.78, 5) is 2.37. The molecule has 0 aliphatic heterocycles. The first-order valence-corrected chi connectivity index (χ1v) is 21.4. The van der Waals surface area contributed by atoms with Gasteiger partial charge in [0.05, 0.1) is 0 Å². The van der Waals surface area contributed by atoms with E-state index < -0.39 is 13.3 Å². The van der Waals surface area contributed by atoms with Gasteiger partial charge in [0, 0.05) is 0 Å². The van der Waals surface area contributed by atoms with Crippen molar-refractivity contribution in [2.75, 3.05) is 4.90 Å². The van der Waals surface area contributed by atoms with Crippen molar-refractivity contribution in [1.29, 1.82) is 0 Å². The van der Waals surface area contributed by atoms with Crippen LogP contribution in [0.3, 0.4) is 0 Å². The summed E-state index contributed by atoms with van der Waals surface area (Å²) in [6.45, 7) is 0. The summed E-state index contributed by atoms with van der Waals surface area (Å²) in [6.07, 6.45) is 0. The molecule has 0 saturated carbocycles. The van der Waals surface area contributed by atoms with E-state index in [-0.39, 0.29) is 0 Å². The third-order valence-corrected chi connectivity index (χ3v) is 19.7. The molecular formula is C48H37GeN. The van der Waals surface area contributed by atoms with Crippen molar-refractivity contribution < 1.29 is 0 Å². The molecule has 0 aliphatic carbocycles. The fourth-order valence-electron chi connectivity index (χ4n) is 7.24. The second-order valence-electron chi connectivity index (χ2n) is 12.6. The monoisotopic (exact) mass is 701 g/mol. The van der Waals surface area contributed by atoms with Crippen molar-refractivity contribution in [2.24, 2.45) is 0 Å². The van der Waals surface area contributed by atoms with Gasteiger partial charge in [-0.2, -0.15) is 0 Å². The van der Waals surface area contributed by atoms with Crippen molar-refractivity contribution in [1.82, 2.24) is 0 Å². The van der Waals surface area contributed by atoms with Gasteiger partial charge < -0.3 is 0 Å². The summed E-state index contributed by atoms with van der Waals surface area (Å²) in [5.41, 5.74) is 8.20. The zero-order valence-corrected chi connectivity index (χ0v) is 29.9. The molecule has 0 fully saturated rings. The van der Waals surface area contributed by atoms with Crippen LogP contribution in [0.1, 0.15) is 0 Å². The molecule has 0 radical (unpaired) electrons. The van der Waals surface area contributed by atoms with Crippen LogP contribution in [0.4, 0.5) is 17.1 Å². The molecule has 0 N–H and O–H groups in total. The van der Waals surface area contributed by atoms with Gasteiger partial charge in [-0.3, -0.25) is 0 Å². The first-order valence-electron chi connectivity index (χ1n) is 17.2. The Labute approximate surface area is 298 Å². The molecule has 0 unspecified atom stereocenters. The molecule has 0 bridgehead atoms. The van der Waals surface area contributed by atoms with Crippen LogP contribution in [0.2, 0.25) is 0 Å². The number of rotatable bonds is 9. The second-order valence-corrected chi connectivity index (χ2v) is 20.5. The number of hydrogen-bond acceptors (Lipinski definition) is 1. The summed E-state index contributed by atoms with van der Waals surface area (Å²) in [5.74, 6) is 0. The topological polar surface area (TPSA) is 3.24 Å². The van der Waals surface area contributed by atoms with Gasteiger partial charge in [-0.25, -0.2) is 0 Å². The van der Waals surface area contributed by atoms with Crippen molar-refractivity contribution in [2.45, 2.75) is 0 Å². The van der Waals surface area contributed by atoms with Crippen LogP contribution in [0.15, 0.2) is 224 Å². The summed E-state index contributed by atoms with van der Waals surface area (Å²) in [6, 6.07) is 82.0. The summed E-state index contributed by atoms with van der Waals surface area (Å²) < 4.78 is 5.66. The Morgan fingerprint density at radius 3 is 0.780 bits per heavy atom. The number of benzene rings is 8. The fourth-order valence-corrected chi connectivity index (χ4v) is 17.2. The van der Waals surface area contributed by atoms with Gasteiger partial charge in [-0.1, -0.05) is 12.1 Å². The Bertz CT molecular complexity index is 2070. The zero-order valence-electron chi connectivity index (χ0n) is 27.8. The zero-order chi connectivity index (χ0) is 33.6. The Kier molecular flexibility index (Phi) is 8.97. The SMILES string of the molecule is c1ccc(-c2ccc(N(c3ccc(-c4ccccc4)cc3)c3cc[c]([Ge]([c]4ccccc4)([c]4ccccc4)[c]4ccccc4)cc3)cc2)cc1. The van der Waals surface area contributed by atoms with E-state index in [9.17, 15) is 0 Å². The van der Waals surface area contributed by atoms with Crippen LogP contribution in [0.5, 0.6) is 0 Å². The normalized spacial score (nSPS) is 11.2. The predicted octanol–water partition coefficient (Wildman–Crippen LogP) is 9.87. The average Bonchev–Trinajstić information content (AvgIpc) is 3.21. The van der Waals surface area contributed by atoms with E-state index in [2.05, 4.69) is 229 Å². The molecule has 0 atom stereocenters. The van der Waals surface area contributed by atoms with Crippen LogP contribution in [0.25, 0.3) is 22.3 Å². The van der Waals surface area contributed by atoms with E-state index in [1.54, 1.807) is 0 Å². The standard InChI is InChI=1S/C48H37GeN/c1-6-16-38(17-7-1)40-26-32-46(33-27-40)50(47-34-28-41(29-35-47)39-18-8-2-9-19-39)48-36-30-45(31-37-48)49(42-20-10-3-11-21-42,43-22-12-4-13-23-43)44-24-14-5-15-25-44/h1-37H. The minimum absolute atomic E-state index is 1.12. The Hall–Kier alpha value is -5.90. The number of anilines is 3. The Morgan fingerprint density at radius 2 is 0.460 bits per heavy atom. The van der Waals surface area contributed by atoms with Crippen molar-refractivity contribution in [3.8, 4) is 22.3 Å². The van der Waals surface area contributed by atoms with Crippen molar-refractivity contribution in [3.63, 3.8) is 0 Å². The van der Waals surface area contributed by atoms with Gasteiger partial charge in [-0.05, 0) is 0 Å². The van der Waals surface area contributed by atoms with E-state index in [0.29, 0.717) is 0 Å². The molecule has 0 aromatic heterocycles. The summed E-state index contributed by atoms with van der Waals surface area (Å²) >= 11 is -3.37. The molecule has 1 nitrogen and oxygen atoms in total. The first kappa shape index (κ1) is 31.4. The maximum atomic E-state index is 2.39. The molecule has 0 amide bonds. The van der Waals surface area contributed by atoms with Gasteiger partial charge in [0.15, 0.2) is 0 Å². The van der Waals surface area contributed by atoms with Crippen molar-refractivity contribution >= 4 is 47.9 Å². The third kappa shape index (κ3) is 6.09. The molecule has 2 heteroatoms. The van der Waals surface area contributed by atoms with Gasteiger partial charge in [-0.15, -0.1) is 0 Å². The summed E-state index contributed by atoms with van der Waals surface area (Å²) in [7, 11) is 0. The van der Waals surface area contributed by atoms with Crippen LogP contribution >= 0.6 is 0 Å². The third-order valence-electron chi connectivity index (χ3n) is 9.64. The van der Waals surface area contributed by atoms with Crippen molar-refractivity contribution in [3.05, 3.63) is 224 Å². The molecular weight excluding hydrogens is 663 g/mol. The van der Waals surface area contributed by atoms with Crippen LogP contribution in [0, 0.1) is 0 Å². The summed E-state index contributed by atoms with van der Waals surface area (Å²) in [5, 5.41) is 0. The average molecular weight is 700 g/mol. The molecule has 0 spiro atoms. The quantitative estimate of drug-likeness (QED) is 0.136. The molecule has 8 aromatic carbocycles. The molecule has 50 heavy (non-hydrogen) atoms. The molecule has 0 aliphatic rings. The van der Waals surface area contributed by atoms with Crippen LogP contribution in [-0.4, -0.2) is 13.3 Å². The van der Waals surface area contributed by atoms with Gasteiger partial charge in [0.25, 0.3) is 0 Å². The Morgan fingerprint density at radius 1 is 0.220 bits per heavy atom. The van der Waals surface area contributed by atoms with E-state index in [0.717, 1.165) is 17.1 Å². The Balaban J connectivity index is 1.26. The molecule has 0 heterocycles. The van der Waals surface area contributed by atoms with Crippen LogP contribution in [-0.2, 0) is 0 Å².